The normalized spacial score (nSPS) is 10.2. The standard InChI is InChI=1S/C16H16BrNO/c1-12-5-2-3-6-13(12)9-10-16(19)18-15-8-4-7-14(17)11-15/h2-8,11H,9-10H2,1H3,(H,18,19). The van der Waals surface area contributed by atoms with Gasteiger partial charge >= 0.3 is 0 Å². The summed E-state index contributed by atoms with van der Waals surface area (Å²) in [5, 5.41) is 2.90. The van der Waals surface area contributed by atoms with Crippen LogP contribution in [-0.4, -0.2) is 5.91 Å². The molecule has 0 bridgehead atoms. The maximum absolute atomic E-state index is 11.9. The lowest BCUT2D eigenvalue weighted by molar-refractivity contribution is -0.116. The fourth-order valence-corrected chi connectivity index (χ4v) is 2.33. The third-order valence-electron chi connectivity index (χ3n) is 2.99. The zero-order valence-electron chi connectivity index (χ0n) is 10.8. The molecule has 2 nitrogen and oxygen atoms in total. The van der Waals surface area contributed by atoms with Gasteiger partial charge in [0.1, 0.15) is 0 Å². The van der Waals surface area contributed by atoms with Crippen LogP contribution in [0.1, 0.15) is 17.5 Å². The SMILES string of the molecule is Cc1ccccc1CCC(=O)Nc1cccc(Br)c1. The van der Waals surface area contributed by atoms with Crippen molar-refractivity contribution in [3.63, 3.8) is 0 Å². The minimum absolute atomic E-state index is 0.0429. The Morgan fingerprint density at radius 2 is 1.95 bits per heavy atom. The molecule has 0 saturated carbocycles. The van der Waals surface area contributed by atoms with Crippen LogP contribution in [0.25, 0.3) is 0 Å². The van der Waals surface area contributed by atoms with Crippen LogP contribution in [0.4, 0.5) is 5.69 Å². The summed E-state index contributed by atoms with van der Waals surface area (Å²) in [4.78, 5) is 11.9. The van der Waals surface area contributed by atoms with Crippen molar-refractivity contribution in [2.45, 2.75) is 19.8 Å². The molecule has 0 atom stereocenters. The van der Waals surface area contributed by atoms with E-state index in [1.54, 1.807) is 0 Å². The first kappa shape index (κ1) is 13.8. The predicted molar refractivity (Wildman–Crippen MR) is 82.3 cm³/mol. The molecule has 0 aliphatic carbocycles. The molecular weight excluding hydrogens is 302 g/mol. The van der Waals surface area contributed by atoms with Crippen LogP contribution in [-0.2, 0) is 11.2 Å². The third kappa shape index (κ3) is 4.21. The van der Waals surface area contributed by atoms with Crippen LogP contribution in [0.2, 0.25) is 0 Å². The number of hydrogen-bond acceptors (Lipinski definition) is 1. The van der Waals surface area contributed by atoms with Gasteiger partial charge in [-0.15, -0.1) is 0 Å². The van der Waals surface area contributed by atoms with Crippen LogP contribution < -0.4 is 5.32 Å². The molecule has 1 amide bonds. The average Bonchev–Trinajstić information content (AvgIpc) is 2.38. The number of carbonyl (C=O) groups is 1. The summed E-state index contributed by atoms with van der Waals surface area (Å²) in [6.07, 6.45) is 1.27. The maximum Gasteiger partial charge on any atom is 0.224 e. The molecule has 2 rings (SSSR count). The number of nitrogens with one attached hydrogen (secondary N) is 1. The molecule has 0 aliphatic rings. The van der Waals surface area contributed by atoms with E-state index in [1.165, 1.54) is 11.1 Å². The van der Waals surface area contributed by atoms with Crippen molar-refractivity contribution >= 4 is 27.5 Å². The monoisotopic (exact) mass is 317 g/mol. The first-order valence-electron chi connectivity index (χ1n) is 6.25. The van der Waals surface area contributed by atoms with Crippen molar-refractivity contribution < 1.29 is 4.79 Å². The van der Waals surface area contributed by atoms with Gasteiger partial charge in [0.05, 0.1) is 0 Å². The molecule has 0 saturated heterocycles. The summed E-state index contributed by atoms with van der Waals surface area (Å²) < 4.78 is 0.962. The van der Waals surface area contributed by atoms with Crippen molar-refractivity contribution in [3.05, 3.63) is 64.1 Å². The average molecular weight is 318 g/mol. The Morgan fingerprint density at radius 1 is 1.16 bits per heavy atom. The summed E-state index contributed by atoms with van der Waals surface area (Å²) in [7, 11) is 0. The van der Waals surface area contributed by atoms with Crippen molar-refractivity contribution in [1.82, 2.24) is 0 Å². The fourth-order valence-electron chi connectivity index (χ4n) is 1.93. The molecule has 0 fully saturated rings. The quantitative estimate of drug-likeness (QED) is 0.893. The van der Waals surface area contributed by atoms with Crippen molar-refractivity contribution in [2.24, 2.45) is 0 Å². The summed E-state index contributed by atoms with van der Waals surface area (Å²) in [5.74, 6) is 0.0429. The Kier molecular flexibility index (Phi) is 4.74. The molecule has 0 unspecified atom stereocenters. The molecule has 0 heterocycles. The molecule has 98 valence electrons. The zero-order valence-corrected chi connectivity index (χ0v) is 12.4. The van der Waals surface area contributed by atoms with E-state index in [9.17, 15) is 4.79 Å². The van der Waals surface area contributed by atoms with E-state index < -0.39 is 0 Å². The predicted octanol–water partition coefficient (Wildman–Crippen LogP) is 4.33. The van der Waals surface area contributed by atoms with Gasteiger partial charge in [-0.25, -0.2) is 0 Å². The van der Waals surface area contributed by atoms with Gasteiger partial charge in [0.2, 0.25) is 5.91 Å². The minimum atomic E-state index is 0.0429. The first-order valence-corrected chi connectivity index (χ1v) is 7.04. The lowest BCUT2D eigenvalue weighted by Gasteiger charge is -2.07. The minimum Gasteiger partial charge on any atom is -0.326 e. The highest BCUT2D eigenvalue weighted by atomic mass is 79.9. The van der Waals surface area contributed by atoms with E-state index in [-0.39, 0.29) is 5.91 Å². The van der Waals surface area contributed by atoms with Crippen molar-refractivity contribution in [3.8, 4) is 0 Å². The number of anilines is 1. The summed E-state index contributed by atoms with van der Waals surface area (Å²) in [6.45, 7) is 2.07. The van der Waals surface area contributed by atoms with Gasteiger partial charge in [-0.2, -0.15) is 0 Å². The van der Waals surface area contributed by atoms with Gasteiger partial charge in [0.25, 0.3) is 0 Å². The van der Waals surface area contributed by atoms with Gasteiger partial charge in [0.15, 0.2) is 0 Å². The van der Waals surface area contributed by atoms with Gasteiger partial charge in [-0.05, 0) is 42.7 Å². The van der Waals surface area contributed by atoms with Gasteiger partial charge < -0.3 is 5.32 Å². The number of carbonyl (C=O) groups excluding carboxylic acids is 1. The highest BCUT2D eigenvalue weighted by Crippen LogP contribution is 2.16. The number of benzene rings is 2. The smallest absolute Gasteiger partial charge is 0.224 e. The van der Waals surface area contributed by atoms with E-state index >= 15 is 0 Å². The number of amides is 1. The molecule has 3 heteroatoms. The molecule has 0 radical (unpaired) electrons. The van der Waals surface area contributed by atoms with Gasteiger partial charge in [-0.1, -0.05) is 46.3 Å². The molecule has 0 aliphatic heterocycles. The summed E-state index contributed by atoms with van der Waals surface area (Å²) in [6, 6.07) is 15.8. The van der Waals surface area contributed by atoms with Gasteiger partial charge in [0, 0.05) is 16.6 Å². The number of aryl methyl sites for hydroxylation is 2. The lowest BCUT2D eigenvalue weighted by Crippen LogP contribution is -2.12. The molecule has 2 aromatic carbocycles. The van der Waals surface area contributed by atoms with Crippen molar-refractivity contribution in [2.75, 3.05) is 5.32 Å². The number of hydrogen-bond donors (Lipinski definition) is 1. The van der Waals surface area contributed by atoms with E-state index in [2.05, 4.69) is 40.3 Å². The first-order chi connectivity index (χ1) is 9.15. The highest BCUT2D eigenvalue weighted by molar-refractivity contribution is 9.10. The van der Waals surface area contributed by atoms with E-state index in [0.29, 0.717) is 6.42 Å². The fraction of sp³-hybridized carbons (Fsp3) is 0.188. The van der Waals surface area contributed by atoms with Gasteiger partial charge in [-0.3, -0.25) is 4.79 Å². The number of halogens is 1. The Bertz CT molecular complexity index is 580. The van der Waals surface area contributed by atoms with E-state index in [0.717, 1.165) is 16.6 Å². The van der Waals surface area contributed by atoms with E-state index in [4.69, 9.17) is 0 Å². The Hall–Kier alpha value is -1.61. The van der Waals surface area contributed by atoms with Crippen LogP contribution in [0.5, 0.6) is 0 Å². The third-order valence-corrected chi connectivity index (χ3v) is 3.48. The van der Waals surface area contributed by atoms with Crippen LogP contribution in [0, 0.1) is 6.92 Å². The highest BCUT2D eigenvalue weighted by Gasteiger charge is 2.04. The second-order valence-corrected chi connectivity index (χ2v) is 5.40. The number of rotatable bonds is 4. The zero-order chi connectivity index (χ0) is 13.7. The van der Waals surface area contributed by atoms with Crippen LogP contribution in [0.15, 0.2) is 53.0 Å². The molecule has 0 aromatic heterocycles. The Labute approximate surface area is 122 Å². The molecular formula is C16H16BrNO. The summed E-state index contributed by atoms with van der Waals surface area (Å²) >= 11 is 3.39. The molecule has 2 aromatic rings. The van der Waals surface area contributed by atoms with E-state index in [1.807, 2.05) is 36.4 Å². The van der Waals surface area contributed by atoms with Crippen molar-refractivity contribution in [1.29, 1.82) is 0 Å². The molecule has 19 heavy (non-hydrogen) atoms. The molecule has 0 spiro atoms. The maximum atomic E-state index is 11.9. The molecule has 1 N–H and O–H groups in total. The van der Waals surface area contributed by atoms with Crippen LogP contribution in [0.3, 0.4) is 0 Å². The topological polar surface area (TPSA) is 29.1 Å². The Morgan fingerprint density at radius 3 is 2.68 bits per heavy atom. The summed E-state index contributed by atoms with van der Waals surface area (Å²) in [5.41, 5.74) is 3.29. The second-order valence-electron chi connectivity index (χ2n) is 4.49. The lowest BCUT2D eigenvalue weighted by atomic mass is 10.0. The largest absolute Gasteiger partial charge is 0.326 e. The second kappa shape index (κ2) is 6.53. The van der Waals surface area contributed by atoms with Crippen LogP contribution >= 0.6 is 15.9 Å². The Balaban J connectivity index is 1.90.